The van der Waals surface area contributed by atoms with Crippen LogP contribution in [0.3, 0.4) is 0 Å². The van der Waals surface area contributed by atoms with Crippen molar-refractivity contribution in [3.8, 4) is 33.8 Å². The van der Waals surface area contributed by atoms with Gasteiger partial charge in [-0.15, -0.1) is 11.3 Å². The minimum absolute atomic E-state index is 0.0320. The smallest absolute Gasteiger partial charge is 0.493 e. The van der Waals surface area contributed by atoms with Gasteiger partial charge in [0.2, 0.25) is 5.88 Å². The van der Waals surface area contributed by atoms with Gasteiger partial charge in [0.05, 0.1) is 31.2 Å². The van der Waals surface area contributed by atoms with E-state index < -0.39 is 18.2 Å². The molecule has 0 spiro atoms. The molecule has 0 radical (unpaired) electrons. The minimum atomic E-state index is -4.27. The maximum atomic E-state index is 13.4. The Kier molecular flexibility index (Phi) is 5.76. The molecule has 1 atom stereocenters. The molecule has 1 aliphatic carbocycles. The zero-order valence-corrected chi connectivity index (χ0v) is 17.9. The van der Waals surface area contributed by atoms with Crippen molar-refractivity contribution in [3.05, 3.63) is 40.9 Å². The van der Waals surface area contributed by atoms with Gasteiger partial charge in [0, 0.05) is 11.3 Å². The first-order valence-electron chi connectivity index (χ1n) is 9.60. The fraction of sp³-hybridized carbons (Fsp3) is 0.333. The number of nitrogens with zero attached hydrogens (tertiary/aromatic N) is 2. The van der Waals surface area contributed by atoms with Crippen molar-refractivity contribution >= 4 is 17.5 Å². The Morgan fingerprint density at radius 1 is 1.22 bits per heavy atom. The van der Waals surface area contributed by atoms with E-state index in [1.54, 1.807) is 28.8 Å². The summed E-state index contributed by atoms with van der Waals surface area (Å²) in [6.45, 7) is 0. The molecule has 1 unspecified atom stereocenters. The third kappa shape index (κ3) is 4.12. The first-order valence-corrected chi connectivity index (χ1v) is 10.5. The predicted octanol–water partition coefficient (Wildman–Crippen LogP) is 5.34. The molecule has 0 saturated carbocycles. The molecule has 3 aromatic rings. The van der Waals surface area contributed by atoms with Crippen LogP contribution in [0.15, 0.2) is 29.6 Å². The Balaban J connectivity index is 1.85. The average molecular weight is 468 g/mol. The van der Waals surface area contributed by atoms with E-state index in [4.69, 9.17) is 14.6 Å². The highest BCUT2D eigenvalue weighted by molar-refractivity contribution is 7.12. The summed E-state index contributed by atoms with van der Waals surface area (Å²) >= 11 is 1.14. The first-order chi connectivity index (χ1) is 15.2. The van der Waals surface area contributed by atoms with Gasteiger partial charge < -0.3 is 19.3 Å². The van der Waals surface area contributed by atoms with Crippen LogP contribution in [0.4, 0.5) is 18.0 Å². The first kappa shape index (κ1) is 22.0. The number of carbonyl (C=O) groups is 1. The molecule has 2 aromatic heterocycles. The molecular weight excluding hydrogens is 449 g/mol. The number of alkyl halides is 3. The molecule has 0 fully saturated rings. The van der Waals surface area contributed by atoms with Crippen LogP contribution in [-0.4, -0.2) is 41.2 Å². The van der Waals surface area contributed by atoms with Crippen molar-refractivity contribution in [2.24, 2.45) is 5.92 Å². The number of hydrogen-bond acceptors (Lipinski definition) is 6. The van der Waals surface area contributed by atoms with Gasteiger partial charge in [-0.05, 0) is 49.1 Å². The second kappa shape index (κ2) is 8.38. The molecule has 32 heavy (non-hydrogen) atoms. The SMILES string of the molecule is COc1ccc(-c2cc3c(n2-c2nc(OC(=O)O)cs2)CCC(C(F)(F)F)C3)cc1OC. The molecule has 1 aliphatic rings. The van der Waals surface area contributed by atoms with Crippen molar-refractivity contribution in [1.29, 1.82) is 0 Å². The molecule has 0 aliphatic heterocycles. The summed E-state index contributed by atoms with van der Waals surface area (Å²) in [7, 11) is 3.01. The second-order valence-electron chi connectivity index (χ2n) is 7.22. The number of carboxylic acid groups (broad SMARTS) is 1. The van der Waals surface area contributed by atoms with Crippen molar-refractivity contribution in [2.75, 3.05) is 14.2 Å². The molecule has 1 aromatic carbocycles. The summed E-state index contributed by atoms with van der Waals surface area (Å²) in [4.78, 5) is 15.1. The summed E-state index contributed by atoms with van der Waals surface area (Å²) < 4.78 is 57.2. The van der Waals surface area contributed by atoms with Crippen LogP contribution in [-0.2, 0) is 12.8 Å². The molecule has 170 valence electrons. The number of rotatable bonds is 5. The topological polar surface area (TPSA) is 82.8 Å². The predicted molar refractivity (Wildman–Crippen MR) is 110 cm³/mol. The third-order valence-electron chi connectivity index (χ3n) is 5.38. The van der Waals surface area contributed by atoms with E-state index >= 15 is 0 Å². The molecule has 0 bridgehead atoms. The maximum Gasteiger partial charge on any atom is 0.512 e. The standard InChI is InChI=1S/C21H19F3N2O5S/c1-29-16-6-3-11(9-17(16)30-2)15-8-12-7-13(21(22,23)24)4-5-14(12)26(15)19-25-18(10-32-19)31-20(27)28/h3,6,8-10,13H,4-5,7H2,1-2H3,(H,27,28). The van der Waals surface area contributed by atoms with Crippen molar-refractivity contribution < 1.29 is 37.3 Å². The van der Waals surface area contributed by atoms with Gasteiger partial charge in [0.1, 0.15) is 0 Å². The number of aromatic nitrogens is 2. The molecule has 2 heterocycles. The fourth-order valence-electron chi connectivity index (χ4n) is 3.92. The zero-order chi connectivity index (χ0) is 23.0. The number of methoxy groups -OCH3 is 2. The highest BCUT2D eigenvalue weighted by atomic mass is 32.1. The van der Waals surface area contributed by atoms with Crippen LogP contribution >= 0.6 is 11.3 Å². The molecular formula is C21H19F3N2O5S. The summed E-state index contributed by atoms with van der Waals surface area (Å²) in [5.74, 6) is -0.519. The second-order valence-corrected chi connectivity index (χ2v) is 8.06. The number of ether oxygens (including phenoxy) is 3. The van der Waals surface area contributed by atoms with Crippen molar-refractivity contribution in [2.45, 2.75) is 25.4 Å². The Morgan fingerprint density at radius 2 is 1.97 bits per heavy atom. The van der Waals surface area contributed by atoms with E-state index in [2.05, 4.69) is 9.72 Å². The Morgan fingerprint density at radius 3 is 2.62 bits per heavy atom. The van der Waals surface area contributed by atoms with Crippen LogP contribution in [0.1, 0.15) is 17.7 Å². The lowest BCUT2D eigenvalue weighted by molar-refractivity contribution is -0.177. The monoisotopic (exact) mass is 468 g/mol. The van der Waals surface area contributed by atoms with Crippen LogP contribution in [0.2, 0.25) is 0 Å². The van der Waals surface area contributed by atoms with Gasteiger partial charge in [-0.25, -0.2) is 4.79 Å². The quantitative estimate of drug-likeness (QED) is 0.509. The highest BCUT2D eigenvalue weighted by Gasteiger charge is 2.42. The van der Waals surface area contributed by atoms with E-state index in [9.17, 15) is 18.0 Å². The Bertz CT molecular complexity index is 1150. The van der Waals surface area contributed by atoms with Crippen LogP contribution < -0.4 is 14.2 Å². The third-order valence-corrected chi connectivity index (χ3v) is 6.19. The lowest BCUT2D eigenvalue weighted by Crippen LogP contribution is -2.29. The van der Waals surface area contributed by atoms with Gasteiger partial charge in [0.25, 0.3) is 0 Å². The van der Waals surface area contributed by atoms with Gasteiger partial charge in [0.15, 0.2) is 16.6 Å². The minimum Gasteiger partial charge on any atom is -0.493 e. The van der Waals surface area contributed by atoms with Gasteiger partial charge in [-0.2, -0.15) is 18.2 Å². The summed E-state index contributed by atoms with van der Waals surface area (Å²) in [5, 5.41) is 10.7. The lowest BCUT2D eigenvalue weighted by atomic mass is 9.87. The highest BCUT2D eigenvalue weighted by Crippen LogP contribution is 2.42. The largest absolute Gasteiger partial charge is 0.512 e. The molecule has 7 nitrogen and oxygen atoms in total. The summed E-state index contributed by atoms with van der Waals surface area (Å²) in [6.07, 6.45) is -5.72. The molecule has 0 amide bonds. The number of benzene rings is 1. The van der Waals surface area contributed by atoms with Crippen LogP contribution in [0, 0.1) is 5.92 Å². The number of halogens is 3. The number of fused-ring (bicyclic) bond motifs is 1. The molecule has 1 N–H and O–H groups in total. The molecule has 4 rings (SSSR count). The number of thiazole rings is 1. The van der Waals surface area contributed by atoms with Crippen LogP contribution in [0.25, 0.3) is 16.4 Å². The van der Waals surface area contributed by atoms with Gasteiger partial charge in [-0.1, -0.05) is 0 Å². The van der Waals surface area contributed by atoms with E-state index in [0.717, 1.165) is 11.3 Å². The molecule has 0 saturated heterocycles. The summed E-state index contributed by atoms with van der Waals surface area (Å²) in [5.41, 5.74) is 2.61. The normalized spacial score (nSPS) is 15.8. The van der Waals surface area contributed by atoms with Gasteiger partial charge in [-0.3, -0.25) is 4.57 Å². The Hall–Kier alpha value is -3.21. The average Bonchev–Trinajstić information content (AvgIpc) is 3.35. The van der Waals surface area contributed by atoms with E-state index in [0.29, 0.717) is 39.1 Å². The Labute approximate surface area is 185 Å². The lowest BCUT2D eigenvalue weighted by Gasteiger charge is -2.25. The fourth-order valence-corrected chi connectivity index (χ4v) is 4.69. The van der Waals surface area contributed by atoms with Crippen LogP contribution in [0.5, 0.6) is 17.4 Å². The van der Waals surface area contributed by atoms with Crippen molar-refractivity contribution in [3.63, 3.8) is 0 Å². The zero-order valence-electron chi connectivity index (χ0n) is 17.1. The van der Waals surface area contributed by atoms with Crippen molar-refractivity contribution in [1.82, 2.24) is 9.55 Å². The van der Waals surface area contributed by atoms with Gasteiger partial charge >= 0.3 is 12.3 Å². The maximum absolute atomic E-state index is 13.4. The van der Waals surface area contributed by atoms with E-state index in [1.165, 1.54) is 19.6 Å². The summed E-state index contributed by atoms with van der Waals surface area (Å²) in [6, 6.07) is 6.96. The number of hydrogen-bond donors (Lipinski definition) is 1. The van der Waals surface area contributed by atoms with E-state index in [1.807, 2.05) is 0 Å². The van der Waals surface area contributed by atoms with E-state index in [-0.39, 0.29) is 25.1 Å². The molecule has 11 heteroatoms.